The second-order valence-electron chi connectivity index (χ2n) is 4.14. The Bertz CT molecular complexity index is 750. The molecule has 0 fully saturated rings. The van der Waals surface area contributed by atoms with Gasteiger partial charge in [0.05, 0.1) is 5.69 Å². The van der Waals surface area contributed by atoms with Crippen LogP contribution in [0.5, 0.6) is 0 Å². The zero-order valence-corrected chi connectivity index (χ0v) is 11.7. The van der Waals surface area contributed by atoms with Gasteiger partial charge in [0.15, 0.2) is 0 Å². The number of hydrogen-bond acceptors (Lipinski definition) is 5. The molecule has 0 aliphatic rings. The van der Waals surface area contributed by atoms with Crippen LogP contribution in [0.1, 0.15) is 4.88 Å². The highest BCUT2D eigenvalue weighted by Gasteiger charge is 2.02. The number of hydrogen-bond donors (Lipinski definition) is 1. The van der Waals surface area contributed by atoms with E-state index < -0.39 is 0 Å². The van der Waals surface area contributed by atoms with Crippen LogP contribution in [0.15, 0.2) is 54.2 Å². The molecule has 0 saturated heterocycles. The second kappa shape index (κ2) is 6.10. The van der Waals surface area contributed by atoms with Gasteiger partial charge in [-0.1, -0.05) is 12.1 Å². The number of carbonyl (C=O) groups excluding carboxylic acids is 1. The first-order valence-electron chi connectivity index (χ1n) is 6.17. The van der Waals surface area contributed by atoms with E-state index in [9.17, 15) is 4.79 Å². The summed E-state index contributed by atoms with van der Waals surface area (Å²) in [6, 6.07) is 11.2. The summed E-state index contributed by atoms with van der Waals surface area (Å²) in [7, 11) is 0. The predicted molar refractivity (Wildman–Crippen MR) is 81.1 cm³/mol. The highest BCUT2D eigenvalue weighted by molar-refractivity contribution is 7.10. The molecule has 104 valence electrons. The Balaban J connectivity index is 1.70. The van der Waals surface area contributed by atoms with Crippen molar-refractivity contribution < 1.29 is 4.79 Å². The molecular weight excluding hydrogens is 286 g/mol. The van der Waals surface area contributed by atoms with Crippen LogP contribution in [0, 0.1) is 0 Å². The molecule has 0 atom stereocenters. The average molecular weight is 297 g/mol. The van der Waals surface area contributed by atoms with Crippen LogP contribution >= 0.6 is 11.3 Å². The molecular formula is C14H11N5OS. The Hall–Kier alpha value is -2.80. The van der Waals surface area contributed by atoms with Gasteiger partial charge in [-0.25, -0.2) is 4.68 Å². The Morgan fingerprint density at radius 1 is 1.29 bits per heavy atom. The van der Waals surface area contributed by atoms with Crippen molar-refractivity contribution in [1.82, 2.24) is 20.2 Å². The van der Waals surface area contributed by atoms with Crippen molar-refractivity contribution >= 4 is 29.0 Å². The normalized spacial score (nSPS) is 10.9. The minimum absolute atomic E-state index is 0.183. The van der Waals surface area contributed by atoms with Crippen molar-refractivity contribution in [1.29, 1.82) is 0 Å². The van der Waals surface area contributed by atoms with E-state index in [0.717, 1.165) is 10.6 Å². The monoisotopic (exact) mass is 297 g/mol. The molecule has 1 N–H and O–H groups in total. The van der Waals surface area contributed by atoms with Gasteiger partial charge < -0.3 is 5.32 Å². The lowest BCUT2D eigenvalue weighted by Gasteiger charge is -2.04. The van der Waals surface area contributed by atoms with E-state index >= 15 is 0 Å². The molecule has 1 aromatic carbocycles. The van der Waals surface area contributed by atoms with E-state index in [1.807, 2.05) is 35.7 Å². The van der Waals surface area contributed by atoms with Crippen molar-refractivity contribution in [2.24, 2.45) is 0 Å². The van der Waals surface area contributed by atoms with Gasteiger partial charge in [0, 0.05) is 16.6 Å². The number of nitrogens with one attached hydrogen (secondary N) is 1. The van der Waals surface area contributed by atoms with Gasteiger partial charge in [0.25, 0.3) is 0 Å². The van der Waals surface area contributed by atoms with Gasteiger partial charge in [-0.15, -0.1) is 16.4 Å². The molecule has 0 spiro atoms. The number of carbonyl (C=O) groups is 1. The molecule has 0 saturated carbocycles. The summed E-state index contributed by atoms with van der Waals surface area (Å²) >= 11 is 1.58. The minimum atomic E-state index is -0.183. The van der Waals surface area contributed by atoms with Gasteiger partial charge in [-0.05, 0) is 46.1 Å². The van der Waals surface area contributed by atoms with Crippen molar-refractivity contribution in [3.05, 3.63) is 59.1 Å². The molecule has 0 radical (unpaired) electrons. The number of aromatic nitrogens is 4. The van der Waals surface area contributed by atoms with E-state index in [1.54, 1.807) is 23.5 Å². The van der Waals surface area contributed by atoms with E-state index in [2.05, 4.69) is 20.8 Å². The fourth-order valence-corrected chi connectivity index (χ4v) is 2.35. The van der Waals surface area contributed by atoms with E-state index in [4.69, 9.17) is 0 Å². The minimum Gasteiger partial charge on any atom is -0.322 e. The van der Waals surface area contributed by atoms with Crippen molar-refractivity contribution in [2.75, 3.05) is 5.32 Å². The second-order valence-corrected chi connectivity index (χ2v) is 5.12. The van der Waals surface area contributed by atoms with E-state index in [-0.39, 0.29) is 5.91 Å². The van der Waals surface area contributed by atoms with E-state index in [0.29, 0.717) is 5.69 Å². The number of rotatable bonds is 4. The number of tetrazole rings is 1. The average Bonchev–Trinajstić information content (AvgIpc) is 3.19. The summed E-state index contributed by atoms with van der Waals surface area (Å²) in [5.74, 6) is -0.183. The molecule has 0 aliphatic carbocycles. The molecule has 0 aliphatic heterocycles. The number of benzene rings is 1. The van der Waals surface area contributed by atoms with Crippen LogP contribution in [0.4, 0.5) is 5.69 Å². The summed E-state index contributed by atoms with van der Waals surface area (Å²) in [6.07, 6.45) is 4.79. The Labute approximate surface area is 124 Å². The van der Waals surface area contributed by atoms with Gasteiger partial charge in [0.1, 0.15) is 6.33 Å². The standard InChI is InChI=1S/C14H11N5OS/c20-14(7-6-13-5-2-8-21-13)16-11-3-1-4-12(9-11)19-10-15-17-18-19/h1-10H,(H,16,20)/b7-6+. The maximum absolute atomic E-state index is 11.9. The lowest BCUT2D eigenvalue weighted by molar-refractivity contribution is -0.111. The molecule has 2 aromatic heterocycles. The van der Waals surface area contributed by atoms with Gasteiger partial charge in [-0.2, -0.15) is 0 Å². The molecule has 3 rings (SSSR count). The maximum Gasteiger partial charge on any atom is 0.248 e. The molecule has 21 heavy (non-hydrogen) atoms. The number of nitrogens with zero attached hydrogens (tertiary/aromatic N) is 4. The first-order valence-corrected chi connectivity index (χ1v) is 7.05. The fourth-order valence-electron chi connectivity index (χ4n) is 1.73. The third-order valence-corrected chi connectivity index (χ3v) is 3.51. The summed E-state index contributed by atoms with van der Waals surface area (Å²) < 4.78 is 1.52. The Kier molecular flexibility index (Phi) is 3.83. The summed E-state index contributed by atoms with van der Waals surface area (Å²) in [5, 5.41) is 15.7. The molecule has 0 unspecified atom stereocenters. The lowest BCUT2D eigenvalue weighted by Crippen LogP contribution is -2.08. The Morgan fingerprint density at radius 3 is 3.00 bits per heavy atom. The predicted octanol–water partition coefficient (Wildman–Crippen LogP) is 2.38. The first kappa shape index (κ1) is 13.2. The molecule has 0 bridgehead atoms. The summed E-state index contributed by atoms with van der Waals surface area (Å²) in [4.78, 5) is 12.9. The fraction of sp³-hybridized carbons (Fsp3) is 0. The molecule has 1 amide bonds. The smallest absolute Gasteiger partial charge is 0.248 e. The van der Waals surface area contributed by atoms with Crippen LogP contribution in [-0.4, -0.2) is 26.1 Å². The lowest BCUT2D eigenvalue weighted by atomic mass is 10.2. The SMILES string of the molecule is O=C(/C=C/c1cccs1)Nc1cccc(-n2cnnn2)c1. The molecule has 6 nitrogen and oxygen atoms in total. The molecule has 3 aromatic rings. The number of anilines is 1. The largest absolute Gasteiger partial charge is 0.322 e. The van der Waals surface area contributed by atoms with Crippen molar-refractivity contribution in [3.8, 4) is 5.69 Å². The van der Waals surface area contributed by atoms with Gasteiger partial charge in [-0.3, -0.25) is 4.79 Å². The Morgan fingerprint density at radius 2 is 2.24 bits per heavy atom. The summed E-state index contributed by atoms with van der Waals surface area (Å²) in [5.41, 5.74) is 1.46. The highest BCUT2D eigenvalue weighted by atomic mass is 32.1. The third kappa shape index (κ3) is 3.40. The zero-order valence-electron chi connectivity index (χ0n) is 10.9. The van der Waals surface area contributed by atoms with Gasteiger partial charge >= 0.3 is 0 Å². The van der Waals surface area contributed by atoms with Crippen LogP contribution in [0.3, 0.4) is 0 Å². The summed E-state index contributed by atoms with van der Waals surface area (Å²) in [6.45, 7) is 0. The highest BCUT2D eigenvalue weighted by Crippen LogP contribution is 2.14. The van der Waals surface area contributed by atoms with Crippen LogP contribution in [-0.2, 0) is 4.79 Å². The number of amides is 1. The third-order valence-electron chi connectivity index (χ3n) is 2.67. The molecule has 2 heterocycles. The quantitative estimate of drug-likeness (QED) is 0.750. The van der Waals surface area contributed by atoms with Gasteiger partial charge in [0.2, 0.25) is 5.91 Å². The van der Waals surface area contributed by atoms with Crippen LogP contribution in [0.2, 0.25) is 0 Å². The maximum atomic E-state index is 11.9. The van der Waals surface area contributed by atoms with Crippen molar-refractivity contribution in [3.63, 3.8) is 0 Å². The zero-order chi connectivity index (χ0) is 14.5. The first-order chi connectivity index (χ1) is 10.3. The van der Waals surface area contributed by atoms with E-state index in [1.165, 1.54) is 17.1 Å². The topological polar surface area (TPSA) is 72.7 Å². The molecule has 7 heteroatoms. The number of thiophene rings is 1. The van der Waals surface area contributed by atoms with Crippen LogP contribution < -0.4 is 5.32 Å². The van der Waals surface area contributed by atoms with Crippen LogP contribution in [0.25, 0.3) is 11.8 Å². The van der Waals surface area contributed by atoms with Crippen molar-refractivity contribution in [2.45, 2.75) is 0 Å².